The van der Waals surface area contributed by atoms with Gasteiger partial charge >= 0.3 is 5.97 Å². The first kappa shape index (κ1) is 29.0. The van der Waals surface area contributed by atoms with Crippen LogP contribution in [0.5, 0.6) is 5.88 Å². The summed E-state index contributed by atoms with van der Waals surface area (Å²) in [6.07, 6.45) is 3.20. The van der Waals surface area contributed by atoms with E-state index in [2.05, 4.69) is 49.2 Å². The minimum Gasteiger partial charge on any atom is -0.481 e. The molecule has 2 aromatic heterocycles. The highest BCUT2D eigenvalue weighted by atomic mass is 127. The van der Waals surface area contributed by atoms with Crippen LogP contribution in [0, 0.1) is 3.57 Å². The number of anilines is 1. The van der Waals surface area contributed by atoms with Gasteiger partial charge in [0.1, 0.15) is 12.0 Å². The Bertz CT molecular complexity index is 1420. The molecule has 1 saturated heterocycles. The second kappa shape index (κ2) is 13.0. The number of likely N-dealkylation sites (tertiary alicyclic amines) is 1. The summed E-state index contributed by atoms with van der Waals surface area (Å²) in [4.78, 5) is 23.7. The number of aliphatic carboxylic acids is 1. The molecule has 0 amide bonds. The van der Waals surface area contributed by atoms with Crippen LogP contribution in [0.2, 0.25) is 0 Å². The second-order valence-electron chi connectivity index (χ2n) is 9.87. The van der Waals surface area contributed by atoms with Crippen LogP contribution < -0.4 is 15.4 Å². The maximum Gasteiger partial charge on any atom is 0.328 e. The average molecular weight is 678 g/mol. The molecule has 0 bridgehead atoms. The molecular weight excluding hydrogens is 645 g/mol. The number of aliphatic hydroxyl groups excluding tert-OH is 2. The lowest BCUT2D eigenvalue weighted by Crippen LogP contribution is -2.43. The Morgan fingerprint density at radius 3 is 2.85 bits per heavy atom. The van der Waals surface area contributed by atoms with Gasteiger partial charge in [0.15, 0.2) is 0 Å². The topological polar surface area (TPSA) is 140 Å². The van der Waals surface area contributed by atoms with Gasteiger partial charge in [-0.1, -0.05) is 12.1 Å². The third-order valence-corrected chi connectivity index (χ3v) is 9.20. The van der Waals surface area contributed by atoms with E-state index in [0.29, 0.717) is 47.4 Å². The van der Waals surface area contributed by atoms with Crippen molar-refractivity contribution in [3.63, 3.8) is 0 Å². The number of thioether (sulfide) groups is 1. The number of aromatic nitrogens is 2. The van der Waals surface area contributed by atoms with E-state index < -0.39 is 18.3 Å². The SMILES string of the molecule is COc1ccc2c(/C=C/C(=O)O)ccc(C(O)CN3CCC(NCc4nc5c(cc4I)SCC(O)N5)CC3)c2n1. The number of halogens is 1. The molecule has 5 N–H and O–H groups in total. The minimum atomic E-state index is -1.03. The molecule has 5 rings (SSSR count). The molecule has 2 aliphatic rings. The van der Waals surface area contributed by atoms with Gasteiger partial charge < -0.3 is 35.6 Å². The van der Waals surface area contributed by atoms with Gasteiger partial charge in [-0.3, -0.25) is 0 Å². The second-order valence-corrected chi connectivity index (χ2v) is 12.1. The number of nitrogens with zero attached hydrogens (tertiary/aromatic N) is 3. The number of ether oxygens (including phenoxy) is 1. The smallest absolute Gasteiger partial charge is 0.328 e. The number of methoxy groups -OCH3 is 1. The monoisotopic (exact) mass is 677 g/mol. The van der Waals surface area contributed by atoms with Crippen LogP contribution in [-0.4, -0.2) is 80.9 Å². The molecule has 2 aliphatic heterocycles. The molecule has 0 spiro atoms. The maximum atomic E-state index is 11.2. The van der Waals surface area contributed by atoms with Crippen LogP contribution >= 0.6 is 34.4 Å². The molecule has 3 aromatic rings. The number of nitrogens with one attached hydrogen (secondary N) is 2. The number of piperidine rings is 1. The first-order valence-electron chi connectivity index (χ1n) is 13.1. The third kappa shape index (κ3) is 6.86. The predicted molar refractivity (Wildman–Crippen MR) is 164 cm³/mol. The lowest BCUT2D eigenvalue weighted by atomic mass is 9.98. The van der Waals surface area contributed by atoms with Crippen LogP contribution in [0.15, 0.2) is 41.3 Å². The molecule has 1 fully saturated rings. The Kier molecular flexibility index (Phi) is 9.43. The Morgan fingerprint density at radius 2 is 2.10 bits per heavy atom. The van der Waals surface area contributed by atoms with E-state index in [1.807, 2.05) is 18.2 Å². The number of β-amino-alcohol motifs (C(OH)–C–C–N with tert-alkyl or cyclic N) is 1. The summed E-state index contributed by atoms with van der Waals surface area (Å²) >= 11 is 3.94. The van der Waals surface area contributed by atoms with Gasteiger partial charge in [-0.2, -0.15) is 0 Å². The number of carboxylic acid groups (broad SMARTS) is 1. The summed E-state index contributed by atoms with van der Waals surface area (Å²) < 4.78 is 6.42. The molecule has 0 radical (unpaired) electrons. The molecule has 12 heteroatoms. The molecule has 2 unspecified atom stereocenters. The number of carboxylic acids is 1. The van der Waals surface area contributed by atoms with Crippen molar-refractivity contribution in [1.29, 1.82) is 0 Å². The third-order valence-electron chi connectivity index (χ3n) is 7.16. The zero-order chi connectivity index (χ0) is 28.2. The van der Waals surface area contributed by atoms with Crippen LogP contribution in [0.4, 0.5) is 5.82 Å². The Morgan fingerprint density at radius 1 is 1.30 bits per heavy atom. The van der Waals surface area contributed by atoms with Gasteiger partial charge in [-0.15, -0.1) is 11.8 Å². The fraction of sp³-hybridized carbons (Fsp3) is 0.393. The number of pyridine rings is 2. The van der Waals surface area contributed by atoms with Crippen LogP contribution in [0.25, 0.3) is 17.0 Å². The minimum absolute atomic E-state index is 0.349. The Labute approximate surface area is 250 Å². The van der Waals surface area contributed by atoms with Crippen molar-refractivity contribution in [3.8, 4) is 5.88 Å². The number of rotatable bonds is 9. The van der Waals surface area contributed by atoms with Gasteiger partial charge in [0.25, 0.3) is 0 Å². The normalized spacial score (nSPS) is 18.9. The molecule has 40 heavy (non-hydrogen) atoms. The number of hydrogen-bond acceptors (Lipinski definition) is 10. The number of benzene rings is 1. The molecule has 1 aromatic carbocycles. The van der Waals surface area contributed by atoms with Crippen molar-refractivity contribution in [2.45, 2.75) is 42.7 Å². The largest absolute Gasteiger partial charge is 0.481 e. The van der Waals surface area contributed by atoms with Gasteiger partial charge in [0.2, 0.25) is 5.88 Å². The van der Waals surface area contributed by atoms with Crippen LogP contribution in [0.1, 0.15) is 35.8 Å². The highest BCUT2D eigenvalue weighted by Crippen LogP contribution is 2.33. The molecule has 0 aliphatic carbocycles. The summed E-state index contributed by atoms with van der Waals surface area (Å²) in [5, 5.41) is 37.6. The molecule has 10 nitrogen and oxygen atoms in total. The predicted octanol–water partition coefficient (Wildman–Crippen LogP) is 3.46. The molecular formula is C28H32IN5O5S. The van der Waals surface area contributed by atoms with Gasteiger partial charge in [0, 0.05) is 51.5 Å². The van der Waals surface area contributed by atoms with Crippen molar-refractivity contribution < 1.29 is 24.9 Å². The lowest BCUT2D eigenvalue weighted by molar-refractivity contribution is -0.131. The van der Waals surface area contributed by atoms with Crippen LogP contribution in [0.3, 0.4) is 0 Å². The van der Waals surface area contributed by atoms with E-state index in [9.17, 15) is 15.0 Å². The van der Waals surface area contributed by atoms with Gasteiger partial charge in [-0.05, 0) is 72.3 Å². The molecule has 212 valence electrons. The van der Waals surface area contributed by atoms with E-state index in [4.69, 9.17) is 14.8 Å². The summed E-state index contributed by atoms with van der Waals surface area (Å²) in [6, 6.07) is 9.67. The maximum absolute atomic E-state index is 11.2. The number of carbonyl (C=O) groups is 1. The van der Waals surface area contributed by atoms with E-state index in [1.54, 1.807) is 24.9 Å². The average Bonchev–Trinajstić information content (AvgIpc) is 2.95. The quantitative estimate of drug-likeness (QED) is 0.168. The fourth-order valence-corrected chi connectivity index (χ4v) is 6.75. The van der Waals surface area contributed by atoms with Gasteiger partial charge in [0.05, 0.1) is 29.3 Å². The molecule has 2 atom stereocenters. The standard InChI is InChI=1S/C28H32IN5O5S/c1-39-25-6-5-18-16(3-7-26(37)38)2-4-19(27(18)33-25)22(35)14-34-10-8-17(9-11-34)30-13-21-20(29)12-23-28(31-21)32-24(36)15-40-23/h2-7,12,17,22,24,30,35-36H,8-11,13-15H2,1H3,(H,31,32)(H,37,38)/b7-3+. The molecule has 0 saturated carbocycles. The fourth-order valence-electron chi connectivity index (χ4n) is 5.05. The van der Waals surface area contributed by atoms with Crippen LogP contribution in [-0.2, 0) is 11.3 Å². The highest BCUT2D eigenvalue weighted by Gasteiger charge is 2.24. The highest BCUT2D eigenvalue weighted by molar-refractivity contribution is 14.1. The van der Waals surface area contributed by atoms with Gasteiger partial charge in [-0.25, -0.2) is 14.8 Å². The van der Waals surface area contributed by atoms with E-state index in [1.165, 1.54) is 6.08 Å². The lowest BCUT2D eigenvalue weighted by Gasteiger charge is -2.34. The van der Waals surface area contributed by atoms with Crippen molar-refractivity contribution in [2.75, 3.05) is 37.8 Å². The number of aliphatic hydroxyl groups is 2. The summed E-state index contributed by atoms with van der Waals surface area (Å²) in [7, 11) is 1.54. The summed E-state index contributed by atoms with van der Waals surface area (Å²) in [6.45, 7) is 2.83. The summed E-state index contributed by atoms with van der Waals surface area (Å²) in [5.74, 6) is 0.768. The van der Waals surface area contributed by atoms with Crippen molar-refractivity contribution in [2.24, 2.45) is 0 Å². The Balaban J connectivity index is 1.20. The zero-order valence-electron chi connectivity index (χ0n) is 22.0. The first-order valence-corrected chi connectivity index (χ1v) is 15.2. The van der Waals surface area contributed by atoms with E-state index in [-0.39, 0.29) is 0 Å². The van der Waals surface area contributed by atoms with Crippen molar-refractivity contribution in [3.05, 3.63) is 56.8 Å². The van der Waals surface area contributed by atoms with Crippen molar-refractivity contribution >= 4 is 63.1 Å². The molecule has 4 heterocycles. The number of fused-ring (bicyclic) bond motifs is 2. The van der Waals surface area contributed by atoms with Crippen molar-refractivity contribution in [1.82, 2.24) is 20.2 Å². The zero-order valence-corrected chi connectivity index (χ0v) is 25.0. The summed E-state index contributed by atoms with van der Waals surface area (Å²) in [5.41, 5.74) is 2.97. The first-order chi connectivity index (χ1) is 19.3. The number of hydrogen-bond donors (Lipinski definition) is 5. The van der Waals surface area contributed by atoms with E-state index >= 15 is 0 Å². The van der Waals surface area contributed by atoms with E-state index in [0.717, 1.165) is 57.4 Å². The Hall–Kier alpha value is -2.49.